The topological polar surface area (TPSA) is 52.2 Å². The van der Waals surface area contributed by atoms with Crippen LogP contribution in [0.5, 0.6) is 23.0 Å². The molecule has 0 fully saturated rings. The van der Waals surface area contributed by atoms with Crippen molar-refractivity contribution >= 4 is 23.0 Å². The molecule has 0 aromatic heterocycles. The minimum absolute atomic E-state index is 0.123. The Hall–Kier alpha value is -3.45. The Morgan fingerprint density at radius 2 is 1.52 bits per heavy atom. The molecule has 7 heteroatoms. The molecule has 1 aliphatic heterocycles. The molecule has 172 valence electrons. The molecule has 6 nitrogen and oxygen atoms in total. The van der Waals surface area contributed by atoms with Gasteiger partial charge in [0, 0.05) is 12.2 Å². The molecule has 1 atom stereocenters. The number of hydrogen-bond acceptors (Lipinski definition) is 5. The highest BCUT2D eigenvalue weighted by atomic mass is 32.1. The number of hydrogen-bond donors (Lipinski definition) is 1. The standard InChI is InChI=1S/C26H28N2O4S/c1-29-22-11-7-8-12-23(22)32-17-21-20-16-25(31-3)24(30-2)15-18(20)13-14-28(21)26(33)27-19-9-5-4-6-10-19/h4-12,15-16,21H,13-14,17H2,1-3H3,(H,27,33)/t21-/m1/s1. The number of fused-ring (bicyclic) bond motifs is 1. The van der Waals surface area contributed by atoms with Crippen LogP contribution in [0.2, 0.25) is 0 Å². The average Bonchev–Trinajstić information content (AvgIpc) is 2.86. The van der Waals surface area contributed by atoms with Gasteiger partial charge in [-0.25, -0.2) is 0 Å². The van der Waals surface area contributed by atoms with E-state index in [1.165, 1.54) is 5.56 Å². The summed E-state index contributed by atoms with van der Waals surface area (Å²) in [4.78, 5) is 2.17. The lowest BCUT2D eigenvalue weighted by Gasteiger charge is -2.39. The van der Waals surface area contributed by atoms with Gasteiger partial charge in [0.2, 0.25) is 0 Å². The Kier molecular flexibility index (Phi) is 7.19. The number of benzene rings is 3. The van der Waals surface area contributed by atoms with Gasteiger partial charge < -0.3 is 29.2 Å². The number of methoxy groups -OCH3 is 3. The summed E-state index contributed by atoms with van der Waals surface area (Å²) in [5.41, 5.74) is 3.25. The zero-order valence-electron chi connectivity index (χ0n) is 19.0. The maximum Gasteiger partial charge on any atom is 0.174 e. The Labute approximate surface area is 200 Å². The number of para-hydroxylation sites is 3. The van der Waals surface area contributed by atoms with Crippen molar-refractivity contribution in [2.75, 3.05) is 39.8 Å². The van der Waals surface area contributed by atoms with E-state index in [1.807, 2.05) is 60.7 Å². The van der Waals surface area contributed by atoms with E-state index in [0.717, 1.165) is 30.0 Å². The lowest BCUT2D eigenvalue weighted by molar-refractivity contribution is 0.185. The number of rotatable bonds is 7. The first-order valence-corrected chi connectivity index (χ1v) is 11.2. The minimum Gasteiger partial charge on any atom is -0.493 e. The van der Waals surface area contributed by atoms with Crippen LogP contribution in [0.25, 0.3) is 0 Å². The van der Waals surface area contributed by atoms with Crippen LogP contribution < -0.4 is 24.3 Å². The van der Waals surface area contributed by atoms with Crippen molar-refractivity contribution in [1.82, 2.24) is 4.90 Å². The first kappa shape index (κ1) is 22.7. The fourth-order valence-electron chi connectivity index (χ4n) is 4.07. The van der Waals surface area contributed by atoms with Crippen molar-refractivity contribution < 1.29 is 18.9 Å². The summed E-state index contributed by atoms with van der Waals surface area (Å²) < 4.78 is 22.8. The summed E-state index contributed by atoms with van der Waals surface area (Å²) in [7, 11) is 4.94. The van der Waals surface area contributed by atoms with E-state index in [2.05, 4.69) is 16.3 Å². The quantitative estimate of drug-likeness (QED) is 0.489. The zero-order valence-corrected chi connectivity index (χ0v) is 19.9. The molecule has 0 bridgehead atoms. The van der Waals surface area contributed by atoms with Crippen molar-refractivity contribution in [2.24, 2.45) is 0 Å². The van der Waals surface area contributed by atoms with Crippen LogP contribution in [0, 0.1) is 0 Å². The van der Waals surface area contributed by atoms with Crippen molar-refractivity contribution in [1.29, 1.82) is 0 Å². The molecule has 1 N–H and O–H groups in total. The monoisotopic (exact) mass is 464 g/mol. The lowest BCUT2D eigenvalue weighted by atomic mass is 9.92. The largest absolute Gasteiger partial charge is 0.493 e. The third kappa shape index (κ3) is 4.98. The molecule has 33 heavy (non-hydrogen) atoms. The van der Waals surface area contributed by atoms with E-state index in [9.17, 15) is 0 Å². The van der Waals surface area contributed by atoms with Crippen LogP contribution >= 0.6 is 12.2 Å². The van der Waals surface area contributed by atoms with Gasteiger partial charge in [-0.1, -0.05) is 30.3 Å². The molecular weight excluding hydrogens is 436 g/mol. The maximum absolute atomic E-state index is 6.26. The highest BCUT2D eigenvalue weighted by Crippen LogP contribution is 2.39. The number of anilines is 1. The molecular formula is C26H28N2O4S. The summed E-state index contributed by atoms with van der Waals surface area (Å²) in [6.45, 7) is 1.14. The van der Waals surface area contributed by atoms with E-state index in [0.29, 0.717) is 29.0 Å². The zero-order chi connectivity index (χ0) is 23.2. The third-order valence-electron chi connectivity index (χ3n) is 5.75. The van der Waals surface area contributed by atoms with E-state index >= 15 is 0 Å². The molecule has 0 unspecified atom stereocenters. The molecule has 0 spiro atoms. The highest BCUT2D eigenvalue weighted by molar-refractivity contribution is 7.80. The van der Waals surface area contributed by atoms with Gasteiger partial charge in [0.05, 0.1) is 27.4 Å². The Morgan fingerprint density at radius 1 is 0.879 bits per heavy atom. The van der Waals surface area contributed by atoms with Gasteiger partial charge in [-0.2, -0.15) is 0 Å². The van der Waals surface area contributed by atoms with Crippen LogP contribution in [0.15, 0.2) is 66.7 Å². The van der Waals surface area contributed by atoms with Crippen molar-refractivity contribution in [3.63, 3.8) is 0 Å². The fourth-order valence-corrected chi connectivity index (χ4v) is 4.41. The first-order valence-electron chi connectivity index (χ1n) is 10.8. The summed E-state index contributed by atoms with van der Waals surface area (Å²) in [6, 6.07) is 21.5. The smallest absolute Gasteiger partial charge is 0.174 e. The van der Waals surface area contributed by atoms with Gasteiger partial charge in [0.1, 0.15) is 6.61 Å². The summed E-state index contributed by atoms with van der Waals surface area (Å²) in [6.07, 6.45) is 0.831. The van der Waals surface area contributed by atoms with Gasteiger partial charge in [0.25, 0.3) is 0 Å². The van der Waals surface area contributed by atoms with Gasteiger partial charge in [0.15, 0.2) is 28.1 Å². The summed E-state index contributed by atoms with van der Waals surface area (Å²) >= 11 is 5.83. The molecule has 0 saturated heterocycles. The molecule has 0 saturated carbocycles. The number of ether oxygens (including phenoxy) is 4. The average molecular weight is 465 g/mol. The molecule has 0 radical (unpaired) electrons. The second-order valence-electron chi connectivity index (χ2n) is 7.62. The van der Waals surface area contributed by atoms with Crippen molar-refractivity contribution in [2.45, 2.75) is 12.5 Å². The lowest BCUT2D eigenvalue weighted by Crippen LogP contribution is -2.44. The predicted octanol–water partition coefficient (Wildman–Crippen LogP) is 5.09. The summed E-state index contributed by atoms with van der Waals surface area (Å²) in [5.74, 6) is 2.79. The van der Waals surface area contributed by atoms with Crippen LogP contribution in [-0.2, 0) is 6.42 Å². The number of thiocarbonyl (C=S) groups is 1. The molecule has 0 amide bonds. The molecule has 3 aromatic carbocycles. The van der Waals surface area contributed by atoms with Crippen molar-refractivity contribution in [3.05, 3.63) is 77.9 Å². The van der Waals surface area contributed by atoms with Crippen LogP contribution in [0.4, 0.5) is 5.69 Å². The SMILES string of the molecule is COc1cc2c(cc1OC)[C@@H](COc1ccccc1OC)N(C(=S)Nc1ccccc1)CC2. The van der Waals surface area contributed by atoms with Gasteiger partial charge in [-0.3, -0.25) is 0 Å². The fraction of sp³-hybridized carbons (Fsp3) is 0.269. The Balaban J connectivity index is 1.66. The Morgan fingerprint density at radius 3 is 2.21 bits per heavy atom. The maximum atomic E-state index is 6.26. The van der Waals surface area contributed by atoms with Gasteiger partial charge in [-0.15, -0.1) is 0 Å². The van der Waals surface area contributed by atoms with E-state index in [4.69, 9.17) is 31.2 Å². The van der Waals surface area contributed by atoms with E-state index < -0.39 is 0 Å². The van der Waals surface area contributed by atoms with Crippen LogP contribution in [0.1, 0.15) is 17.2 Å². The number of nitrogens with one attached hydrogen (secondary N) is 1. The second-order valence-corrected chi connectivity index (χ2v) is 8.01. The predicted molar refractivity (Wildman–Crippen MR) is 134 cm³/mol. The normalized spacial score (nSPS) is 14.8. The van der Waals surface area contributed by atoms with Crippen LogP contribution in [0.3, 0.4) is 0 Å². The van der Waals surface area contributed by atoms with E-state index in [1.54, 1.807) is 21.3 Å². The van der Waals surface area contributed by atoms with Crippen molar-refractivity contribution in [3.8, 4) is 23.0 Å². The minimum atomic E-state index is -0.123. The molecule has 4 rings (SSSR count). The molecule has 0 aliphatic carbocycles. The highest BCUT2D eigenvalue weighted by Gasteiger charge is 2.31. The van der Waals surface area contributed by atoms with E-state index in [-0.39, 0.29) is 6.04 Å². The van der Waals surface area contributed by atoms with Gasteiger partial charge >= 0.3 is 0 Å². The number of nitrogens with zero attached hydrogens (tertiary/aromatic N) is 1. The van der Waals surface area contributed by atoms with Crippen LogP contribution in [-0.4, -0.2) is 44.5 Å². The van der Waals surface area contributed by atoms with Gasteiger partial charge in [-0.05, 0) is 66.2 Å². The molecule has 1 aliphatic rings. The first-order chi connectivity index (χ1) is 16.1. The Bertz CT molecular complexity index is 1110. The molecule has 3 aromatic rings. The second kappa shape index (κ2) is 10.4. The third-order valence-corrected chi connectivity index (χ3v) is 6.09. The molecule has 1 heterocycles. The summed E-state index contributed by atoms with van der Waals surface area (Å²) in [5, 5.41) is 4.01.